The van der Waals surface area contributed by atoms with Crippen molar-refractivity contribution in [1.82, 2.24) is 5.32 Å². The lowest BCUT2D eigenvalue weighted by molar-refractivity contribution is -0.385. The third kappa shape index (κ3) is 5.32. The zero-order valence-corrected chi connectivity index (χ0v) is 14.9. The van der Waals surface area contributed by atoms with Gasteiger partial charge in [-0.05, 0) is 26.8 Å². The van der Waals surface area contributed by atoms with Gasteiger partial charge in [-0.2, -0.15) is 17.9 Å². The number of carboxylic acid groups (broad SMARTS) is 1. The second-order valence-corrected chi connectivity index (χ2v) is 6.72. The van der Waals surface area contributed by atoms with Crippen LogP contribution in [0.1, 0.15) is 37.1 Å². The first kappa shape index (κ1) is 21.2. The van der Waals surface area contributed by atoms with Gasteiger partial charge in [-0.15, -0.1) is 0 Å². The molecular weight excluding hydrogens is 369 g/mol. The summed E-state index contributed by atoms with van der Waals surface area (Å²) in [7, 11) is 0. The Balaban J connectivity index is 3.29. The number of carbonyl (C=O) groups excluding carboxylic acids is 1. The average Bonchev–Trinajstić information content (AvgIpc) is 2.49. The van der Waals surface area contributed by atoms with E-state index in [4.69, 9.17) is 10.00 Å². The molecule has 9 nitrogen and oxygen atoms in total. The number of nitro benzene ring substituents is 1. The molecule has 26 heavy (non-hydrogen) atoms. The van der Waals surface area contributed by atoms with Crippen LogP contribution in [0.3, 0.4) is 0 Å². The highest BCUT2D eigenvalue weighted by atomic mass is 32.1. The second-order valence-electron chi connectivity index (χ2n) is 6.17. The number of carboxylic acids is 1. The van der Waals surface area contributed by atoms with Gasteiger partial charge in [-0.3, -0.25) is 10.1 Å². The summed E-state index contributed by atoms with van der Waals surface area (Å²) in [4.78, 5) is 33.6. The number of benzene rings is 1. The molecule has 0 heterocycles. The summed E-state index contributed by atoms with van der Waals surface area (Å²) in [5.74, 6) is -2.64. The van der Waals surface area contributed by atoms with Crippen LogP contribution in [0.15, 0.2) is 12.1 Å². The number of nitriles is 1. The molecule has 140 valence electrons. The number of amides is 1. The molecule has 1 rings (SSSR count). The van der Waals surface area contributed by atoms with E-state index in [0.29, 0.717) is 12.1 Å². The van der Waals surface area contributed by atoms with E-state index in [9.17, 15) is 29.2 Å². The van der Waals surface area contributed by atoms with E-state index in [0.717, 1.165) is 0 Å². The van der Waals surface area contributed by atoms with Crippen molar-refractivity contribution in [3.63, 3.8) is 0 Å². The molecule has 0 saturated heterocycles. The molecule has 0 radical (unpaired) electrons. The summed E-state index contributed by atoms with van der Waals surface area (Å²) in [6, 6.07) is 1.04. The third-order valence-corrected chi connectivity index (χ3v) is 3.58. The van der Waals surface area contributed by atoms with Crippen molar-refractivity contribution in [3.8, 4) is 6.07 Å². The van der Waals surface area contributed by atoms with E-state index in [1.54, 1.807) is 20.8 Å². The molecule has 11 heteroatoms. The van der Waals surface area contributed by atoms with Crippen LogP contribution in [0, 0.1) is 27.3 Å². The summed E-state index contributed by atoms with van der Waals surface area (Å²) in [5.41, 5.74) is -2.59. The highest BCUT2D eigenvalue weighted by Crippen LogP contribution is 2.34. The first-order chi connectivity index (χ1) is 11.9. The molecular formula is C15H16FN3O6S. The van der Waals surface area contributed by atoms with E-state index in [1.165, 1.54) is 6.07 Å². The van der Waals surface area contributed by atoms with E-state index >= 15 is 0 Å². The minimum atomic E-state index is -1.75. The van der Waals surface area contributed by atoms with Crippen LogP contribution in [0.2, 0.25) is 0 Å². The average molecular weight is 385 g/mol. The van der Waals surface area contributed by atoms with Crippen molar-refractivity contribution < 1.29 is 28.7 Å². The molecule has 0 spiro atoms. The predicted molar refractivity (Wildman–Crippen MR) is 90.3 cm³/mol. The maximum Gasteiger partial charge on any atom is 0.408 e. The minimum Gasteiger partial charge on any atom is -0.480 e. The Morgan fingerprint density at radius 3 is 2.46 bits per heavy atom. The molecule has 2 N–H and O–H groups in total. The standard InChI is InChI=1S/C15H16FN3O6S/c1-15(2,3)25-14(22)18-11(13(20)21)12(26)8-5-9(16)7(6-17)4-10(8)19(23)24/h4-5,11-12,26H,1-3H3,(H,18,22)(H,20,21)/t11-,12?/m0/s1. The summed E-state index contributed by atoms with van der Waals surface area (Å²) in [6.07, 6.45) is -1.08. The number of rotatable bonds is 5. The van der Waals surface area contributed by atoms with Crippen molar-refractivity contribution in [2.75, 3.05) is 0 Å². The Kier molecular flexibility index (Phi) is 6.52. The van der Waals surface area contributed by atoms with Gasteiger partial charge in [0, 0.05) is 11.6 Å². The van der Waals surface area contributed by atoms with Gasteiger partial charge in [0.05, 0.1) is 15.7 Å². The lowest BCUT2D eigenvalue weighted by Crippen LogP contribution is -2.45. The van der Waals surface area contributed by atoms with Crippen molar-refractivity contribution >= 4 is 30.4 Å². The Bertz CT molecular complexity index is 787. The van der Waals surface area contributed by atoms with Crippen molar-refractivity contribution in [2.24, 2.45) is 0 Å². The number of aliphatic carboxylic acids is 1. The summed E-state index contributed by atoms with van der Waals surface area (Å²) >= 11 is 4.01. The summed E-state index contributed by atoms with van der Waals surface area (Å²) in [6.45, 7) is 4.67. The Morgan fingerprint density at radius 1 is 1.46 bits per heavy atom. The minimum absolute atomic E-state index is 0.404. The first-order valence-electron chi connectivity index (χ1n) is 7.15. The number of nitrogens with zero attached hydrogens (tertiary/aromatic N) is 2. The largest absolute Gasteiger partial charge is 0.480 e. The Morgan fingerprint density at radius 2 is 2.04 bits per heavy atom. The molecule has 0 aliphatic rings. The van der Waals surface area contributed by atoms with E-state index in [2.05, 4.69) is 12.6 Å². The number of hydrogen-bond acceptors (Lipinski definition) is 7. The monoisotopic (exact) mass is 385 g/mol. The highest BCUT2D eigenvalue weighted by molar-refractivity contribution is 7.80. The number of alkyl carbamates (subject to hydrolysis) is 1. The fourth-order valence-corrected chi connectivity index (χ4v) is 2.36. The highest BCUT2D eigenvalue weighted by Gasteiger charge is 2.35. The van der Waals surface area contributed by atoms with Crippen LogP contribution >= 0.6 is 12.6 Å². The molecule has 1 aromatic carbocycles. The first-order valence-corrected chi connectivity index (χ1v) is 7.67. The number of thiol groups is 1. The van der Waals surface area contributed by atoms with Crippen LogP contribution in [0.4, 0.5) is 14.9 Å². The summed E-state index contributed by atoms with van der Waals surface area (Å²) < 4.78 is 18.8. The molecule has 1 aromatic rings. The van der Waals surface area contributed by atoms with E-state index in [-0.39, 0.29) is 0 Å². The van der Waals surface area contributed by atoms with E-state index in [1.807, 2.05) is 5.32 Å². The zero-order chi connectivity index (χ0) is 20.2. The van der Waals surface area contributed by atoms with Gasteiger partial charge in [-0.25, -0.2) is 14.0 Å². The smallest absolute Gasteiger partial charge is 0.408 e. The van der Waals surface area contributed by atoms with Gasteiger partial charge in [-0.1, -0.05) is 0 Å². The zero-order valence-electron chi connectivity index (χ0n) is 14.0. The van der Waals surface area contributed by atoms with Crippen LogP contribution in [0.25, 0.3) is 0 Å². The van der Waals surface area contributed by atoms with Gasteiger partial charge in [0.25, 0.3) is 5.69 Å². The van der Waals surface area contributed by atoms with Crippen molar-refractivity contribution in [1.29, 1.82) is 5.26 Å². The summed E-state index contributed by atoms with van der Waals surface area (Å²) in [5, 5.41) is 29.8. The van der Waals surface area contributed by atoms with Crippen molar-refractivity contribution in [2.45, 2.75) is 37.7 Å². The molecule has 0 aliphatic carbocycles. The number of hydrogen-bond donors (Lipinski definition) is 3. The molecule has 0 saturated carbocycles. The van der Waals surface area contributed by atoms with Gasteiger partial charge >= 0.3 is 12.1 Å². The predicted octanol–water partition coefficient (Wildman–Crippen LogP) is 2.55. The second kappa shape index (κ2) is 8.01. The molecule has 1 amide bonds. The third-order valence-electron chi connectivity index (χ3n) is 3.01. The van der Waals surface area contributed by atoms with Gasteiger partial charge in [0.15, 0.2) is 0 Å². The fourth-order valence-electron chi connectivity index (χ4n) is 1.95. The van der Waals surface area contributed by atoms with Crippen LogP contribution in [0.5, 0.6) is 0 Å². The van der Waals surface area contributed by atoms with Gasteiger partial charge < -0.3 is 15.2 Å². The number of carbonyl (C=O) groups is 2. The quantitative estimate of drug-likeness (QED) is 0.401. The van der Waals surface area contributed by atoms with E-state index < -0.39 is 56.5 Å². The Labute approximate surface area is 153 Å². The molecule has 2 atom stereocenters. The molecule has 0 aliphatic heterocycles. The van der Waals surface area contributed by atoms with Crippen LogP contribution < -0.4 is 5.32 Å². The lowest BCUT2D eigenvalue weighted by atomic mass is 10.0. The Hall–Kier alpha value is -2.87. The maximum atomic E-state index is 13.9. The number of nitrogens with one attached hydrogen (secondary N) is 1. The van der Waals surface area contributed by atoms with Gasteiger partial charge in [0.1, 0.15) is 23.5 Å². The lowest BCUT2D eigenvalue weighted by Gasteiger charge is -2.24. The topological polar surface area (TPSA) is 143 Å². The van der Waals surface area contributed by atoms with Crippen molar-refractivity contribution in [3.05, 3.63) is 39.2 Å². The number of nitro groups is 1. The molecule has 1 unspecified atom stereocenters. The fraction of sp³-hybridized carbons (Fsp3) is 0.400. The number of halogens is 1. The molecule has 0 bridgehead atoms. The van der Waals surface area contributed by atoms with Gasteiger partial charge in [0.2, 0.25) is 0 Å². The number of ether oxygens (including phenoxy) is 1. The SMILES string of the molecule is CC(C)(C)OC(=O)N[C@H](C(=O)O)C(S)c1cc(F)c(C#N)cc1[N+](=O)[O-]. The normalized spacial score (nSPS) is 13.2. The maximum absolute atomic E-state index is 13.9. The van der Waals surface area contributed by atoms with Crippen LogP contribution in [-0.4, -0.2) is 33.7 Å². The van der Waals surface area contributed by atoms with Crippen LogP contribution in [-0.2, 0) is 9.53 Å². The molecule has 0 fully saturated rings. The molecule has 0 aromatic heterocycles.